The highest BCUT2D eigenvalue weighted by Crippen LogP contribution is 2.26. The molecule has 0 aliphatic heterocycles. The highest BCUT2D eigenvalue weighted by molar-refractivity contribution is 7.89. The first kappa shape index (κ1) is 19.4. The molecular weight excluding hydrogens is 401 g/mol. The van der Waals surface area contributed by atoms with Gasteiger partial charge in [0.05, 0.1) is 16.8 Å². The maximum atomic E-state index is 14.0. The molecule has 11 heteroatoms. The number of carbonyl (C=O) groups is 1. The number of nitrogens with one attached hydrogen (secondary N) is 1. The van der Waals surface area contributed by atoms with Crippen LogP contribution in [0.4, 0.5) is 8.78 Å². The molecular formula is C14H10Cl2F2N2O4S. The Morgan fingerprint density at radius 2 is 1.92 bits per heavy atom. The number of nitrogens with zero attached hydrogens (tertiary/aromatic N) is 1. The predicted molar refractivity (Wildman–Crippen MR) is 87.3 cm³/mol. The third kappa shape index (κ3) is 5.25. The van der Waals surface area contributed by atoms with Gasteiger partial charge in [-0.3, -0.25) is 4.79 Å². The second kappa shape index (κ2) is 7.51. The van der Waals surface area contributed by atoms with Gasteiger partial charge >= 0.3 is 0 Å². The molecule has 1 aromatic carbocycles. The molecule has 134 valence electrons. The van der Waals surface area contributed by atoms with Gasteiger partial charge in [-0.05, 0) is 18.2 Å². The van der Waals surface area contributed by atoms with Crippen molar-refractivity contribution in [3.8, 4) is 5.88 Å². The zero-order valence-corrected chi connectivity index (χ0v) is 14.8. The Balaban J connectivity index is 2.20. The molecule has 25 heavy (non-hydrogen) atoms. The van der Waals surface area contributed by atoms with Crippen LogP contribution in [0.15, 0.2) is 24.4 Å². The van der Waals surface area contributed by atoms with Crippen LogP contribution in [0, 0.1) is 11.6 Å². The van der Waals surface area contributed by atoms with E-state index in [2.05, 4.69) is 4.98 Å². The van der Waals surface area contributed by atoms with Crippen LogP contribution >= 0.6 is 23.2 Å². The SMILES string of the molecule is CS(=O)(=O)NC(=O)c1cc(F)c(COc2ncc(Cl)cc2Cl)cc1F. The number of rotatable bonds is 5. The molecule has 1 aromatic heterocycles. The Hall–Kier alpha value is -1.97. The Morgan fingerprint density at radius 1 is 1.24 bits per heavy atom. The summed E-state index contributed by atoms with van der Waals surface area (Å²) in [6, 6.07) is 2.66. The number of pyridine rings is 1. The van der Waals surface area contributed by atoms with Crippen LogP contribution in [0.5, 0.6) is 5.88 Å². The summed E-state index contributed by atoms with van der Waals surface area (Å²) in [5.41, 5.74) is -0.976. The minimum Gasteiger partial charge on any atom is -0.472 e. The van der Waals surface area contributed by atoms with E-state index in [-0.39, 0.29) is 21.5 Å². The average Bonchev–Trinajstić information content (AvgIpc) is 2.47. The van der Waals surface area contributed by atoms with Gasteiger partial charge in [0.25, 0.3) is 5.91 Å². The quantitative estimate of drug-likeness (QED) is 0.818. The predicted octanol–water partition coefficient (Wildman–Crippen LogP) is 2.94. The van der Waals surface area contributed by atoms with Crippen molar-refractivity contribution >= 4 is 39.1 Å². The Bertz CT molecular complexity index is 939. The van der Waals surface area contributed by atoms with Gasteiger partial charge in [0.15, 0.2) is 0 Å². The maximum absolute atomic E-state index is 14.0. The summed E-state index contributed by atoms with van der Waals surface area (Å²) in [7, 11) is -3.91. The number of hydrogen-bond donors (Lipinski definition) is 1. The highest BCUT2D eigenvalue weighted by Gasteiger charge is 2.19. The molecule has 0 bridgehead atoms. The molecule has 2 aromatic rings. The second-order valence-corrected chi connectivity index (χ2v) is 7.45. The van der Waals surface area contributed by atoms with E-state index in [9.17, 15) is 22.0 Å². The number of halogens is 4. The molecule has 0 saturated carbocycles. The van der Waals surface area contributed by atoms with E-state index in [0.29, 0.717) is 12.3 Å². The van der Waals surface area contributed by atoms with Gasteiger partial charge in [-0.1, -0.05) is 23.2 Å². The summed E-state index contributed by atoms with van der Waals surface area (Å²) in [6.45, 7) is -0.426. The second-order valence-electron chi connectivity index (χ2n) is 4.86. The van der Waals surface area contributed by atoms with E-state index in [1.54, 1.807) is 4.72 Å². The van der Waals surface area contributed by atoms with Gasteiger partial charge < -0.3 is 4.74 Å². The van der Waals surface area contributed by atoms with Crippen molar-refractivity contribution < 1.29 is 26.7 Å². The fourth-order valence-corrected chi connectivity index (χ4v) is 2.63. The summed E-state index contributed by atoms with van der Waals surface area (Å²) in [6.07, 6.45) is 1.97. The molecule has 2 rings (SSSR count). The van der Waals surface area contributed by atoms with Crippen molar-refractivity contribution in [3.05, 3.63) is 57.2 Å². The van der Waals surface area contributed by atoms with E-state index in [4.69, 9.17) is 27.9 Å². The van der Waals surface area contributed by atoms with Crippen molar-refractivity contribution in [2.75, 3.05) is 6.26 Å². The molecule has 1 amide bonds. The highest BCUT2D eigenvalue weighted by atomic mass is 35.5. The fraction of sp³-hybridized carbons (Fsp3) is 0.143. The van der Waals surface area contributed by atoms with Crippen LogP contribution in [0.1, 0.15) is 15.9 Å². The number of sulfonamides is 1. The monoisotopic (exact) mass is 410 g/mol. The fourth-order valence-electron chi connectivity index (χ4n) is 1.75. The number of hydrogen-bond acceptors (Lipinski definition) is 5. The summed E-state index contributed by atoms with van der Waals surface area (Å²) in [5, 5.41) is 0.355. The molecule has 0 atom stereocenters. The number of aromatic nitrogens is 1. The smallest absolute Gasteiger partial charge is 0.267 e. The van der Waals surface area contributed by atoms with Crippen LogP contribution in [-0.2, 0) is 16.6 Å². The van der Waals surface area contributed by atoms with Gasteiger partial charge in [0.1, 0.15) is 23.3 Å². The largest absolute Gasteiger partial charge is 0.472 e. The van der Waals surface area contributed by atoms with Crippen LogP contribution < -0.4 is 9.46 Å². The topological polar surface area (TPSA) is 85.4 Å². The molecule has 0 aliphatic carbocycles. The first-order valence-electron chi connectivity index (χ1n) is 6.50. The number of ether oxygens (including phenoxy) is 1. The summed E-state index contributed by atoms with van der Waals surface area (Å²) in [4.78, 5) is 15.4. The van der Waals surface area contributed by atoms with Crippen molar-refractivity contribution in [2.45, 2.75) is 6.61 Å². The Labute approximate surface area is 151 Å². The molecule has 0 radical (unpaired) electrons. The maximum Gasteiger partial charge on any atom is 0.267 e. The van der Waals surface area contributed by atoms with Gasteiger partial charge in [-0.2, -0.15) is 0 Å². The van der Waals surface area contributed by atoms with Crippen LogP contribution in [0.3, 0.4) is 0 Å². The van der Waals surface area contributed by atoms with Gasteiger partial charge in [-0.25, -0.2) is 26.9 Å². The van der Waals surface area contributed by atoms with E-state index >= 15 is 0 Å². The van der Waals surface area contributed by atoms with Crippen LogP contribution in [0.25, 0.3) is 0 Å². The molecule has 0 spiro atoms. The lowest BCUT2D eigenvalue weighted by Gasteiger charge is -2.10. The van der Waals surface area contributed by atoms with Crippen molar-refractivity contribution in [1.82, 2.24) is 9.71 Å². The molecule has 0 aliphatic rings. The molecule has 6 nitrogen and oxygen atoms in total. The third-order valence-electron chi connectivity index (χ3n) is 2.80. The number of amides is 1. The van der Waals surface area contributed by atoms with Crippen molar-refractivity contribution in [1.29, 1.82) is 0 Å². The molecule has 1 heterocycles. The number of carbonyl (C=O) groups excluding carboxylic acids is 1. The van der Waals surface area contributed by atoms with Gasteiger partial charge in [0.2, 0.25) is 15.9 Å². The lowest BCUT2D eigenvalue weighted by atomic mass is 10.1. The first-order valence-corrected chi connectivity index (χ1v) is 9.15. The van der Waals surface area contributed by atoms with Gasteiger partial charge in [-0.15, -0.1) is 0 Å². The van der Waals surface area contributed by atoms with E-state index in [1.165, 1.54) is 12.3 Å². The van der Waals surface area contributed by atoms with E-state index in [1.807, 2.05) is 0 Å². The number of benzene rings is 1. The van der Waals surface area contributed by atoms with Crippen LogP contribution in [-0.4, -0.2) is 25.6 Å². The van der Waals surface area contributed by atoms with E-state index < -0.39 is 39.7 Å². The van der Waals surface area contributed by atoms with Crippen LogP contribution in [0.2, 0.25) is 10.0 Å². The third-order valence-corrected chi connectivity index (χ3v) is 3.83. The minimum absolute atomic E-state index is 0.0372. The average molecular weight is 411 g/mol. The first-order chi connectivity index (χ1) is 11.6. The molecule has 0 fully saturated rings. The summed E-state index contributed by atoms with van der Waals surface area (Å²) >= 11 is 11.5. The van der Waals surface area contributed by atoms with Crippen molar-refractivity contribution in [3.63, 3.8) is 0 Å². The standard InChI is InChI=1S/C14H10Cl2F2N2O4S/c1-25(22,23)20-13(21)9-4-11(17)7(2-12(9)18)6-24-14-10(16)3-8(15)5-19-14/h2-5H,6H2,1H3,(H,20,21). The summed E-state index contributed by atoms with van der Waals surface area (Å²) in [5.74, 6) is -3.40. The lowest BCUT2D eigenvalue weighted by Crippen LogP contribution is -2.30. The minimum atomic E-state index is -3.91. The Morgan fingerprint density at radius 3 is 2.52 bits per heavy atom. The zero-order chi connectivity index (χ0) is 18.8. The van der Waals surface area contributed by atoms with Crippen molar-refractivity contribution in [2.24, 2.45) is 0 Å². The molecule has 0 unspecified atom stereocenters. The zero-order valence-electron chi connectivity index (χ0n) is 12.5. The lowest BCUT2D eigenvalue weighted by molar-refractivity contribution is 0.0977. The normalized spacial score (nSPS) is 11.2. The molecule has 0 saturated heterocycles. The summed E-state index contributed by atoms with van der Waals surface area (Å²) < 4.78 is 56.7. The van der Waals surface area contributed by atoms with Gasteiger partial charge in [0, 0.05) is 11.8 Å². The molecule has 1 N–H and O–H groups in total. The Kier molecular flexibility index (Phi) is 5.81. The van der Waals surface area contributed by atoms with E-state index in [0.717, 1.165) is 6.07 Å².